The van der Waals surface area contributed by atoms with Crippen molar-refractivity contribution in [2.45, 2.75) is 58.4 Å². The largest absolute Gasteiger partial charge is 0.469 e. The standard InChI is InChI=1S/C25H38N4O5S/c1-25(2,3)24-26-21-16-20(6-7-22(21)29(24)17-18-10-14-34-15-11-18)27(4)35(31,32)28-12-8-19(9-13-28)23(30)33-5/h6-7,16,18-19H,8-15,17H2,1-5H3. The maximum atomic E-state index is 13.4. The fourth-order valence-electron chi connectivity index (χ4n) is 5.05. The van der Waals surface area contributed by atoms with E-state index in [9.17, 15) is 13.2 Å². The van der Waals surface area contributed by atoms with Crippen LogP contribution in [-0.2, 0) is 36.4 Å². The van der Waals surface area contributed by atoms with Gasteiger partial charge in [-0.15, -0.1) is 0 Å². The van der Waals surface area contributed by atoms with E-state index in [-0.39, 0.29) is 17.3 Å². The van der Waals surface area contributed by atoms with Crippen LogP contribution in [0.3, 0.4) is 0 Å². The number of carbonyl (C=O) groups excluding carboxylic acids is 1. The zero-order valence-corrected chi connectivity index (χ0v) is 22.3. The van der Waals surface area contributed by atoms with Gasteiger partial charge >= 0.3 is 16.2 Å². The first-order valence-electron chi connectivity index (χ1n) is 12.4. The summed E-state index contributed by atoms with van der Waals surface area (Å²) >= 11 is 0. The highest BCUT2D eigenvalue weighted by Gasteiger charge is 2.34. The number of nitrogens with zero attached hydrogens (tertiary/aromatic N) is 4. The van der Waals surface area contributed by atoms with Crippen LogP contribution in [-0.4, -0.2) is 68.7 Å². The average molecular weight is 507 g/mol. The number of hydrogen-bond acceptors (Lipinski definition) is 6. The van der Waals surface area contributed by atoms with Crippen LogP contribution in [0.1, 0.15) is 52.3 Å². The minimum atomic E-state index is -3.73. The fraction of sp³-hybridized carbons (Fsp3) is 0.680. The summed E-state index contributed by atoms with van der Waals surface area (Å²) < 4.78 is 42.1. The topological polar surface area (TPSA) is 94.0 Å². The third-order valence-corrected chi connectivity index (χ3v) is 9.13. The normalized spacial score (nSPS) is 19.2. The molecular weight excluding hydrogens is 468 g/mol. The van der Waals surface area contributed by atoms with E-state index in [2.05, 4.69) is 25.3 Å². The van der Waals surface area contributed by atoms with Crippen LogP contribution in [0, 0.1) is 11.8 Å². The number of hydrogen-bond donors (Lipinski definition) is 0. The number of piperidine rings is 1. The van der Waals surface area contributed by atoms with E-state index in [0.29, 0.717) is 37.5 Å². The van der Waals surface area contributed by atoms with Gasteiger partial charge in [-0.1, -0.05) is 20.8 Å². The molecule has 0 aliphatic carbocycles. The molecule has 0 saturated carbocycles. The second-order valence-electron chi connectivity index (χ2n) is 10.7. The molecule has 3 heterocycles. The third kappa shape index (κ3) is 5.34. The van der Waals surface area contributed by atoms with Crippen molar-refractivity contribution in [1.82, 2.24) is 13.9 Å². The van der Waals surface area contributed by atoms with Gasteiger partial charge in [-0.05, 0) is 49.8 Å². The first-order chi connectivity index (χ1) is 16.5. The molecule has 0 spiro atoms. The first kappa shape index (κ1) is 25.9. The predicted octanol–water partition coefficient (Wildman–Crippen LogP) is 3.33. The molecule has 0 bridgehead atoms. The Morgan fingerprint density at radius 3 is 2.43 bits per heavy atom. The van der Waals surface area contributed by atoms with E-state index < -0.39 is 10.2 Å². The Morgan fingerprint density at radius 2 is 1.83 bits per heavy atom. The molecule has 2 aliphatic heterocycles. The van der Waals surface area contributed by atoms with Crippen LogP contribution in [0.2, 0.25) is 0 Å². The molecular formula is C25H38N4O5S. The van der Waals surface area contributed by atoms with Gasteiger partial charge in [0.2, 0.25) is 0 Å². The lowest BCUT2D eigenvalue weighted by atomic mass is 9.94. The second-order valence-corrected chi connectivity index (χ2v) is 12.7. The summed E-state index contributed by atoms with van der Waals surface area (Å²) in [6.45, 7) is 9.54. The Hall–Kier alpha value is -2.17. The molecule has 0 N–H and O–H groups in total. The Bertz CT molecular complexity index is 1160. The number of esters is 1. The van der Waals surface area contributed by atoms with Crippen LogP contribution in [0.4, 0.5) is 5.69 Å². The summed E-state index contributed by atoms with van der Waals surface area (Å²) in [7, 11) is -0.786. The quantitative estimate of drug-likeness (QED) is 0.558. The van der Waals surface area contributed by atoms with Crippen LogP contribution >= 0.6 is 0 Å². The molecule has 10 heteroatoms. The van der Waals surface area contributed by atoms with E-state index in [4.69, 9.17) is 14.5 Å². The van der Waals surface area contributed by atoms with Crippen LogP contribution in [0.25, 0.3) is 11.0 Å². The van der Waals surface area contributed by atoms with Crippen LogP contribution in [0.15, 0.2) is 18.2 Å². The average Bonchev–Trinajstić information content (AvgIpc) is 3.21. The SMILES string of the molecule is COC(=O)C1CCN(S(=O)(=O)N(C)c2ccc3c(c2)nc(C(C)(C)C)n3CC2CCOCC2)CC1. The molecule has 0 radical (unpaired) electrons. The number of benzene rings is 1. The summed E-state index contributed by atoms with van der Waals surface area (Å²) in [5.41, 5.74) is 2.25. The number of anilines is 1. The van der Waals surface area contributed by atoms with E-state index in [0.717, 1.165) is 49.5 Å². The van der Waals surface area contributed by atoms with Crippen molar-refractivity contribution < 1.29 is 22.7 Å². The monoisotopic (exact) mass is 506 g/mol. The fourth-order valence-corrected chi connectivity index (χ4v) is 6.45. The predicted molar refractivity (Wildman–Crippen MR) is 136 cm³/mol. The summed E-state index contributed by atoms with van der Waals surface area (Å²) in [6.07, 6.45) is 3.00. The molecule has 194 valence electrons. The van der Waals surface area contributed by atoms with Crippen LogP contribution in [0.5, 0.6) is 0 Å². The third-order valence-electron chi connectivity index (χ3n) is 7.21. The number of carbonyl (C=O) groups is 1. The Morgan fingerprint density at radius 1 is 1.17 bits per heavy atom. The van der Waals surface area contributed by atoms with Crippen molar-refractivity contribution in [3.05, 3.63) is 24.0 Å². The first-order valence-corrected chi connectivity index (χ1v) is 13.8. The number of fused-ring (bicyclic) bond motifs is 1. The summed E-state index contributed by atoms with van der Waals surface area (Å²) in [6, 6.07) is 5.71. The van der Waals surface area contributed by atoms with E-state index in [1.54, 1.807) is 7.05 Å². The molecule has 2 aliphatic rings. The summed E-state index contributed by atoms with van der Waals surface area (Å²) in [5.74, 6) is 1.03. The molecule has 1 aromatic carbocycles. The number of rotatable bonds is 6. The van der Waals surface area contributed by atoms with Gasteiger partial charge in [-0.2, -0.15) is 12.7 Å². The smallest absolute Gasteiger partial charge is 0.308 e. The van der Waals surface area contributed by atoms with Gasteiger partial charge in [0.25, 0.3) is 0 Å². The molecule has 0 atom stereocenters. The van der Waals surface area contributed by atoms with Gasteiger partial charge < -0.3 is 14.0 Å². The Labute approximate surface area is 208 Å². The van der Waals surface area contributed by atoms with Gasteiger partial charge in [-0.25, -0.2) is 4.98 Å². The Balaban J connectivity index is 1.59. The van der Waals surface area contributed by atoms with Crippen molar-refractivity contribution in [3.63, 3.8) is 0 Å². The zero-order valence-electron chi connectivity index (χ0n) is 21.5. The van der Waals surface area contributed by atoms with Gasteiger partial charge in [-0.3, -0.25) is 9.10 Å². The molecule has 4 rings (SSSR count). The van der Waals surface area contributed by atoms with Crippen molar-refractivity contribution in [2.75, 3.05) is 44.8 Å². The van der Waals surface area contributed by atoms with Gasteiger partial charge in [0.05, 0.1) is 29.7 Å². The second kappa shape index (κ2) is 10.1. The van der Waals surface area contributed by atoms with Crippen molar-refractivity contribution >= 4 is 32.9 Å². The number of methoxy groups -OCH3 is 1. The zero-order chi connectivity index (χ0) is 25.4. The minimum Gasteiger partial charge on any atom is -0.469 e. The van der Waals surface area contributed by atoms with Gasteiger partial charge in [0, 0.05) is 45.3 Å². The number of ether oxygens (including phenoxy) is 2. The lowest BCUT2D eigenvalue weighted by Crippen LogP contribution is -2.46. The minimum absolute atomic E-state index is 0.147. The van der Waals surface area contributed by atoms with Crippen molar-refractivity contribution in [2.24, 2.45) is 11.8 Å². The molecule has 35 heavy (non-hydrogen) atoms. The van der Waals surface area contributed by atoms with E-state index in [1.807, 2.05) is 18.2 Å². The molecule has 2 saturated heterocycles. The highest BCUT2D eigenvalue weighted by atomic mass is 32.2. The molecule has 0 unspecified atom stereocenters. The molecule has 1 aromatic heterocycles. The van der Waals surface area contributed by atoms with Crippen molar-refractivity contribution in [3.8, 4) is 0 Å². The van der Waals surface area contributed by atoms with Crippen LogP contribution < -0.4 is 4.31 Å². The Kier molecular flexibility index (Phi) is 7.45. The molecule has 0 amide bonds. The van der Waals surface area contributed by atoms with Crippen molar-refractivity contribution in [1.29, 1.82) is 0 Å². The molecule has 2 aromatic rings. The maximum absolute atomic E-state index is 13.4. The summed E-state index contributed by atoms with van der Waals surface area (Å²) in [4.78, 5) is 16.8. The highest BCUT2D eigenvalue weighted by Crippen LogP contribution is 2.32. The van der Waals surface area contributed by atoms with Gasteiger partial charge in [0.15, 0.2) is 0 Å². The lowest BCUT2D eigenvalue weighted by Gasteiger charge is -2.33. The highest BCUT2D eigenvalue weighted by molar-refractivity contribution is 7.90. The van der Waals surface area contributed by atoms with E-state index in [1.165, 1.54) is 15.7 Å². The number of aromatic nitrogens is 2. The number of imidazole rings is 1. The maximum Gasteiger partial charge on any atom is 0.308 e. The lowest BCUT2D eigenvalue weighted by molar-refractivity contribution is -0.146. The van der Waals surface area contributed by atoms with E-state index >= 15 is 0 Å². The van der Waals surface area contributed by atoms with Gasteiger partial charge in [0.1, 0.15) is 5.82 Å². The summed E-state index contributed by atoms with van der Waals surface area (Å²) in [5, 5.41) is 0. The molecule has 9 nitrogen and oxygen atoms in total. The molecule has 2 fully saturated rings.